The number of hydrogen-bond acceptors (Lipinski definition) is 2. The Morgan fingerprint density at radius 2 is 1.81 bits per heavy atom. The van der Waals surface area contributed by atoms with Gasteiger partial charge in [0.15, 0.2) is 5.96 Å². The van der Waals surface area contributed by atoms with Crippen LogP contribution in [-0.2, 0) is 6.54 Å². The normalized spacial score (nSPS) is 12.2. The lowest BCUT2D eigenvalue weighted by Gasteiger charge is -2.19. The summed E-state index contributed by atoms with van der Waals surface area (Å²) in [7, 11) is 5.77. The molecule has 142 valence electrons. The van der Waals surface area contributed by atoms with Crippen LogP contribution >= 0.6 is 24.0 Å². The van der Waals surface area contributed by atoms with E-state index in [1.807, 2.05) is 27.1 Å². The molecule has 4 nitrogen and oxygen atoms in total. The van der Waals surface area contributed by atoms with Crippen LogP contribution in [0, 0.1) is 12.7 Å². The highest BCUT2D eigenvalue weighted by Gasteiger charge is 2.09. The van der Waals surface area contributed by atoms with Crippen molar-refractivity contribution in [2.45, 2.75) is 26.4 Å². The molecule has 0 fully saturated rings. The van der Waals surface area contributed by atoms with Gasteiger partial charge >= 0.3 is 0 Å². The van der Waals surface area contributed by atoms with Crippen LogP contribution in [0.15, 0.2) is 47.5 Å². The van der Waals surface area contributed by atoms with Crippen molar-refractivity contribution in [1.82, 2.24) is 10.6 Å². The van der Waals surface area contributed by atoms with Crippen molar-refractivity contribution >= 4 is 35.6 Å². The summed E-state index contributed by atoms with van der Waals surface area (Å²) in [5, 5.41) is 6.59. The molecule has 0 aliphatic heterocycles. The van der Waals surface area contributed by atoms with Crippen molar-refractivity contribution in [2.75, 3.05) is 26.0 Å². The number of aliphatic imine (C=N–C) groups is 1. The van der Waals surface area contributed by atoms with E-state index in [-0.39, 0.29) is 35.8 Å². The largest absolute Gasteiger partial charge is 0.378 e. The van der Waals surface area contributed by atoms with Crippen molar-refractivity contribution in [3.63, 3.8) is 0 Å². The molecular weight excluding hydrogens is 442 g/mol. The number of anilines is 1. The van der Waals surface area contributed by atoms with Gasteiger partial charge < -0.3 is 15.5 Å². The zero-order chi connectivity index (χ0) is 18.4. The van der Waals surface area contributed by atoms with E-state index in [1.54, 1.807) is 26.1 Å². The molecule has 0 saturated carbocycles. The molecule has 0 spiro atoms. The minimum Gasteiger partial charge on any atom is -0.378 e. The van der Waals surface area contributed by atoms with Crippen LogP contribution < -0.4 is 15.5 Å². The molecule has 0 saturated heterocycles. The number of nitrogens with one attached hydrogen (secondary N) is 2. The zero-order valence-corrected chi connectivity index (χ0v) is 18.3. The van der Waals surface area contributed by atoms with Crippen LogP contribution in [0.3, 0.4) is 0 Å². The fourth-order valence-electron chi connectivity index (χ4n) is 2.46. The van der Waals surface area contributed by atoms with Gasteiger partial charge in [-0.3, -0.25) is 4.99 Å². The van der Waals surface area contributed by atoms with E-state index in [2.05, 4.69) is 44.8 Å². The number of halogens is 2. The summed E-state index contributed by atoms with van der Waals surface area (Å²) in [6, 6.07) is 13.6. The summed E-state index contributed by atoms with van der Waals surface area (Å²) in [4.78, 5) is 6.32. The number of benzene rings is 2. The molecule has 0 amide bonds. The van der Waals surface area contributed by atoms with Gasteiger partial charge in [-0.1, -0.05) is 24.3 Å². The van der Waals surface area contributed by atoms with Crippen molar-refractivity contribution in [3.05, 3.63) is 65.0 Å². The van der Waals surface area contributed by atoms with E-state index < -0.39 is 0 Å². The first-order valence-corrected chi connectivity index (χ1v) is 8.40. The Balaban J connectivity index is 0.00000338. The monoisotopic (exact) mass is 470 g/mol. The summed E-state index contributed by atoms with van der Waals surface area (Å²) in [6.07, 6.45) is 0. The van der Waals surface area contributed by atoms with Crippen molar-refractivity contribution < 1.29 is 4.39 Å². The Bertz CT molecular complexity index is 729. The third-order valence-corrected chi connectivity index (χ3v) is 4.19. The molecular formula is C20H28FIN4. The standard InChI is InChI=1S/C20H27FN4.HI/c1-14-6-9-17(12-19(14)21)15(2)24-20(22-3)23-13-16-7-10-18(11-8-16)25(4)5;/h6-12,15H,13H2,1-5H3,(H2,22,23,24);1H. The van der Waals surface area contributed by atoms with Gasteiger partial charge in [0.2, 0.25) is 0 Å². The van der Waals surface area contributed by atoms with Crippen molar-refractivity contribution in [2.24, 2.45) is 4.99 Å². The number of nitrogens with zero attached hydrogens (tertiary/aromatic N) is 2. The molecule has 1 unspecified atom stereocenters. The van der Waals surface area contributed by atoms with Crippen LogP contribution in [0.4, 0.5) is 10.1 Å². The number of aryl methyl sites for hydroxylation is 1. The Hall–Kier alpha value is -1.83. The van der Waals surface area contributed by atoms with E-state index in [0.717, 1.165) is 5.56 Å². The Labute approximate surface area is 172 Å². The molecule has 0 aliphatic carbocycles. The smallest absolute Gasteiger partial charge is 0.191 e. The second-order valence-corrected chi connectivity index (χ2v) is 6.36. The summed E-state index contributed by atoms with van der Waals surface area (Å²) in [5.74, 6) is 0.500. The number of hydrogen-bond donors (Lipinski definition) is 2. The van der Waals surface area contributed by atoms with E-state index in [1.165, 1.54) is 11.3 Å². The average molecular weight is 470 g/mol. The van der Waals surface area contributed by atoms with Gasteiger partial charge in [0.05, 0.1) is 6.04 Å². The maximum absolute atomic E-state index is 13.7. The van der Waals surface area contributed by atoms with Crippen molar-refractivity contribution in [1.29, 1.82) is 0 Å². The first-order chi connectivity index (χ1) is 11.9. The van der Waals surface area contributed by atoms with E-state index in [0.29, 0.717) is 18.1 Å². The SMILES string of the molecule is CN=C(NCc1ccc(N(C)C)cc1)NC(C)c1ccc(C)c(F)c1.I. The zero-order valence-electron chi connectivity index (χ0n) is 16.0. The number of guanidine groups is 1. The lowest BCUT2D eigenvalue weighted by Crippen LogP contribution is -2.38. The Morgan fingerprint density at radius 1 is 1.15 bits per heavy atom. The molecule has 0 heterocycles. The molecule has 2 aromatic carbocycles. The van der Waals surface area contributed by atoms with Crippen LogP contribution in [0.2, 0.25) is 0 Å². The Kier molecular flexibility index (Phi) is 8.84. The summed E-state index contributed by atoms with van der Waals surface area (Å²) >= 11 is 0. The molecule has 1 atom stereocenters. The molecule has 0 aromatic heterocycles. The minimum absolute atomic E-state index is 0. The molecule has 0 bridgehead atoms. The van der Waals surface area contributed by atoms with Gasteiger partial charge in [-0.25, -0.2) is 4.39 Å². The van der Waals surface area contributed by atoms with Gasteiger partial charge in [0, 0.05) is 33.4 Å². The van der Waals surface area contributed by atoms with Crippen LogP contribution in [-0.4, -0.2) is 27.1 Å². The van der Waals surface area contributed by atoms with E-state index in [9.17, 15) is 4.39 Å². The lowest BCUT2D eigenvalue weighted by molar-refractivity contribution is 0.607. The first-order valence-electron chi connectivity index (χ1n) is 8.40. The third kappa shape index (κ3) is 6.16. The summed E-state index contributed by atoms with van der Waals surface area (Å²) in [5.41, 5.74) is 3.88. The molecule has 0 aliphatic rings. The van der Waals surface area contributed by atoms with Gasteiger partial charge in [-0.15, -0.1) is 24.0 Å². The maximum atomic E-state index is 13.7. The second-order valence-electron chi connectivity index (χ2n) is 6.36. The topological polar surface area (TPSA) is 39.7 Å². The summed E-state index contributed by atoms with van der Waals surface area (Å²) in [6.45, 7) is 4.42. The predicted octanol–water partition coefficient (Wildman–Crippen LogP) is 4.24. The molecule has 6 heteroatoms. The highest BCUT2D eigenvalue weighted by atomic mass is 127. The van der Waals surface area contributed by atoms with Gasteiger partial charge in [0.1, 0.15) is 5.82 Å². The average Bonchev–Trinajstić information content (AvgIpc) is 2.61. The van der Waals surface area contributed by atoms with Crippen LogP contribution in [0.5, 0.6) is 0 Å². The fourth-order valence-corrected chi connectivity index (χ4v) is 2.46. The summed E-state index contributed by atoms with van der Waals surface area (Å²) < 4.78 is 13.7. The van der Waals surface area contributed by atoms with Gasteiger partial charge in [-0.2, -0.15) is 0 Å². The maximum Gasteiger partial charge on any atom is 0.191 e. The molecule has 26 heavy (non-hydrogen) atoms. The number of rotatable bonds is 5. The molecule has 0 radical (unpaired) electrons. The van der Waals surface area contributed by atoms with E-state index in [4.69, 9.17) is 0 Å². The molecule has 2 aromatic rings. The van der Waals surface area contributed by atoms with Crippen LogP contribution in [0.1, 0.15) is 29.7 Å². The predicted molar refractivity (Wildman–Crippen MR) is 119 cm³/mol. The van der Waals surface area contributed by atoms with E-state index >= 15 is 0 Å². The highest BCUT2D eigenvalue weighted by molar-refractivity contribution is 14.0. The second kappa shape index (κ2) is 10.4. The third-order valence-electron chi connectivity index (χ3n) is 4.19. The van der Waals surface area contributed by atoms with Crippen molar-refractivity contribution in [3.8, 4) is 0 Å². The quantitative estimate of drug-likeness (QED) is 0.390. The van der Waals surface area contributed by atoms with Gasteiger partial charge in [0.25, 0.3) is 0 Å². The Morgan fingerprint density at radius 3 is 2.35 bits per heavy atom. The van der Waals surface area contributed by atoms with Gasteiger partial charge in [-0.05, 0) is 48.7 Å². The fraction of sp³-hybridized carbons (Fsp3) is 0.350. The molecule has 2 N–H and O–H groups in total. The highest BCUT2D eigenvalue weighted by Crippen LogP contribution is 2.16. The lowest BCUT2D eigenvalue weighted by atomic mass is 10.1. The van der Waals surface area contributed by atoms with Crippen LogP contribution in [0.25, 0.3) is 0 Å². The minimum atomic E-state index is -0.185. The molecule has 2 rings (SSSR count). The first kappa shape index (κ1) is 22.2.